The number of rotatable bonds is 5. The molecule has 2 nitrogen and oxygen atoms in total. The van der Waals surface area contributed by atoms with E-state index in [4.69, 9.17) is 0 Å². The van der Waals surface area contributed by atoms with E-state index in [9.17, 15) is 9.90 Å². The number of Topliss-reactive ketones (excluding diaryl/α,β-unsaturated/α-hetero) is 1. The molecule has 0 spiro atoms. The molecule has 0 aliphatic rings. The number of aliphatic hydroxyl groups is 1. The Morgan fingerprint density at radius 1 is 1.50 bits per heavy atom. The van der Waals surface area contributed by atoms with Crippen molar-refractivity contribution in [3.63, 3.8) is 0 Å². The van der Waals surface area contributed by atoms with Gasteiger partial charge in [-0.2, -0.15) is 0 Å². The Labute approximate surface area is 90.1 Å². The molecule has 80 valence electrons. The van der Waals surface area contributed by atoms with E-state index in [0.717, 1.165) is 6.42 Å². The molecular weight excluding hydrogens is 196 g/mol. The van der Waals surface area contributed by atoms with Gasteiger partial charge in [0.15, 0.2) is 5.78 Å². The molecule has 0 bridgehead atoms. The summed E-state index contributed by atoms with van der Waals surface area (Å²) in [6.45, 7) is 7.03. The van der Waals surface area contributed by atoms with Crippen LogP contribution in [0.5, 0.6) is 0 Å². The first-order valence-electron chi connectivity index (χ1n) is 4.73. The molecule has 0 fully saturated rings. The number of thioether (sulfide) groups is 1. The van der Waals surface area contributed by atoms with E-state index in [2.05, 4.69) is 6.92 Å². The van der Waals surface area contributed by atoms with Crippen LogP contribution >= 0.6 is 11.8 Å². The summed E-state index contributed by atoms with van der Waals surface area (Å²) in [5, 5.41) is 9.57. The van der Waals surface area contributed by atoms with Crippen molar-refractivity contribution in [1.82, 2.24) is 0 Å². The number of ketones is 1. The fraction of sp³-hybridized carbons (Fsp3) is 0.545. The maximum atomic E-state index is 11.2. The first-order chi connectivity index (χ1) is 6.52. The van der Waals surface area contributed by atoms with E-state index in [1.165, 1.54) is 18.7 Å². The van der Waals surface area contributed by atoms with Crippen LogP contribution in [0.4, 0.5) is 0 Å². The Bertz CT molecular complexity index is 250. The van der Waals surface area contributed by atoms with Crippen LogP contribution in [0, 0.1) is 0 Å². The number of allylic oxidation sites excluding steroid dienone is 3. The molecule has 1 atom stereocenters. The van der Waals surface area contributed by atoms with Gasteiger partial charge in [0.2, 0.25) is 0 Å². The van der Waals surface area contributed by atoms with Crippen molar-refractivity contribution in [3.05, 3.63) is 22.8 Å². The quantitative estimate of drug-likeness (QED) is 0.432. The van der Waals surface area contributed by atoms with Crippen molar-refractivity contribution >= 4 is 17.5 Å². The topological polar surface area (TPSA) is 37.3 Å². The van der Waals surface area contributed by atoms with Crippen LogP contribution in [-0.2, 0) is 4.79 Å². The molecule has 0 heterocycles. The Morgan fingerprint density at radius 3 is 2.36 bits per heavy atom. The van der Waals surface area contributed by atoms with Gasteiger partial charge in [-0.15, -0.1) is 11.8 Å². The van der Waals surface area contributed by atoms with Crippen LogP contribution in [0.1, 0.15) is 34.1 Å². The molecular formula is C11H18O2S. The minimum Gasteiger partial charge on any atom is -0.511 e. The number of hydrogen-bond donors (Lipinski definition) is 1. The van der Waals surface area contributed by atoms with Gasteiger partial charge in [0, 0.05) is 5.25 Å². The average Bonchev–Trinajstić information content (AvgIpc) is 2.10. The standard InChI is InChI=1S/C11H18O2S/c1-5-7-10(6-2)14-11(8(3)12)9(4)13/h5,7,10,12H,6H2,1-4H3/b7-5+,11-8+. The molecule has 3 heteroatoms. The predicted molar refractivity (Wildman–Crippen MR) is 62.5 cm³/mol. The zero-order chi connectivity index (χ0) is 11.1. The molecule has 0 aliphatic carbocycles. The summed E-state index contributed by atoms with van der Waals surface area (Å²) >= 11 is 1.42. The summed E-state index contributed by atoms with van der Waals surface area (Å²) in [5.41, 5.74) is 0. The van der Waals surface area contributed by atoms with E-state index in [1.807, 2.05) is 19.1 Å². The summed E-state index contributed by atoms with van der Waals surface area (Å²) < 4.78 is 0. The number of hydrogen-bond acceptors (Lipinski definition) is 3. The highest BCUT2D eigenvalue weighted by Crippen LogP contribution is 2.27. The lowest BCUT2D eigenvalue weighted by Crippen LogP contribution is -2.03. The normalized spacial score (nSPS) is 15.4. The van der Waals surface area contributed by atoms with Crippen molar-refractivity contribution in [1.29, 1.82) is 0 Å². The first-order valence-corrected chi connectivity index (χ1v) is 5.61. The molecule has 0 saturated heterocycles. The lowest BCUT2D eigenvalue weighted by molar-refractivity contribution is -0.113. The Balaban J connectivity index is 4.60. The molecule has 0 aliphatic heterocycles. The minimum absolute atomic E-state index is 0.0713. The Morgan fingerprint density at radius 2 is 2.07 bits per heavy atom. The van der Waals surface area contributed by atoms with Crippen molar-refractivity contribution in [2.45, 2.75) is 39.4 Å². The predicted octanol–water partition coefficient (Wildman–Crippen LogP) is 3.45. The highest BCUT2D eigenvalue weighted by molar-refractivity contribution is 8.04. The fourth-order valence-electron chi connectivity index (χ4n) is 1.05. The molecule has 1 N–H and O–H groups in total. The van der Waals surface area contributed by atoms with Gasteiger partial charge >= 0.3 is 0 Å². The van der Waals surface area contributed by atoms with E-state index in [-0.39, 0.29) is 16.8 Å². The smallest absolute Gasteiger partial charge is 0.169 e. The highest BCUT2D eigenvalue weighted by Gasteiger charge is 2.13. The largest absolute Gasteiger partial charge is 0.511 e. The number of aliphatic hydroxyl groups excluding tert-OH is 1. The summed E-state index contributed by atoms with van der Waals surface area (Å²) in [4.78, 5) is 11.6. The summed E-state index contributed by atoms with van der Waals surface area (Å²) in [6, 6.07) is 0. The number of carbonyl (C=O) groups is 1. The van der Waals surface area contributed by atoms with Gasteiger partial charge in [0.05, 0.1) is 4.91 Å². The van der Waals surface area contributed by atoms with Gasteiger partial charge in [0.1, 0.15) is 5.76 Å². The summed E-state index contributed by atoms with van der Waals surface area (Å²) in [7, 11) is 0. The molecule has 0 aromatic carbocycles. The van der Waals surface area contributed by atoms with E-state index >= 15 is 0 Å². The van der Waals surface area contributed by atoms with Crippen LogP contribution in [0.3, 0.4) is 0 Å². The third kappa shape index (κ3) is 4.51. The molecule has 0 rings (SSSR count). The molecule has 1 unspecified atom stereocenters. The minimum atomic E-state index is -0.0713. The molecule has 14 heavy (non-hydrogen) atoms. The van der Waals surface area contributed by atoms with Crippen LogP contribution in [-0.4, -0.2) is 16.1 Å². The van der Waals surface area contributed by atoms with Gasteiger partial charge < -0.3 is 5.11 Å². The van der Waals surface area contributed by atoms with Crippen LogP contribution in [0.15, 0.2) is 22.8 Å². The van der Waals surface area contributed by atoms with Gasteiger partial charge in [-0.25, -0.2) is 0 Å². The van der Waals surface area contributed by atoms with Gasteiger partial charge in [-0.05, 0) is 27.2 Å². The zero-order valence-electron chi connectivity index (χ0n) is 9.20. The summed E-state index contributed by atoms with van der Waals surface area (Å²) in [6.07, 6.45) is 4.95. The van der Waals surface area contributed by atoms with E-state index in [1.54, 1.807) is 6.92 Å². The van der Waals surface area contributed by atoms with E-state index in [0.29, 0.717) is 4.91 Å². The molecule has 0 saturated carbocycles. The molecule has 0 aromatic heterocycles. The second-order valence-corrected chi connectivity index (χ2v) is 4.31. The van der Waals surface area contributed by atoms with Crippen molar-refractivity contribution in [2.24, 2.45) is 0 Å². The van der Waals surface area contributed by atoms with Gasteiger partial charge in [-0.3, -0.25) is 4.79 Å². The van der Waals surface area contributed by atoms with Crippen LogP contribution < -0.4 is 0 Å². The third-order valence-corrected chi connectivity index (χ3v) is 3.34. The maximum absolute atomic E-state index is 11.2. The van der Waals surface area contributed by atoms with Crippen LogP contribution in [0.2, 0.25) is 0 Å². The first kappa shape index (κ1) is 13.3. The lowest BCUT2D eigenvalue weighted by atomic mass is 10.3. The summed E-state index contributed by atoms with van der Waals surface area (Å²) in [5.74, 6) is 0.0448. The fourth-order valence-corrected chi connectivity index (χ4v) is 2.09. The Hall–Kier alpha value is -0.700. The average molecular weight is 214 g/mol. The molecule has 0 radical (unpaired) electrons. The second-order valence-electron chi connectivity index (χ2n) is 3.06. The van der Waals surface area contributed by atoms with Gasteiger partial charge in [-0.1, -0.05) is 19.1 Å². The van der Waals surface area contributed by atoms with Crippen molar-refractivity contribution < 1.29 is 9.90 Å². The maximum Gasteiger partial charge on any atom is 0.169 e. The van der Waals surface area contributed by atoms with Crippen LogP contribution in [0.25, 0.3) is 0 Å². The second kappa shape index (κ2) is 6.71. The third-order valence-electron chi connectivity index (χ3n) is 1.73. The SMILES string of the molecule is C/C=C/C(CC)S/C(C(C)=O)=C(\C)O. The highest BCUT2D eigenvalue weighted by atomic mass is 32.2. The molecule has 0 amide bonds. The molecule has 0 aromatic rings. The Kier molecular flexibility index (Phi) is 6.37. The monoisotopic (exact) mass is 214 g/mol. The zero-order valence-corrected chi connectivity index (χ0v) is 10.0. The lowest BCUT2D eigenvalue weighted by Gasteiger charge is -2.11. The van der Waals surface area contributed by atoms with Gasteiger partial charge in [0.25, 0.3) is 0 Å². The van der Waals surface area contributed by atoms with Crippen molar-refractivity contribution in [2.75, 3.05) is 0 Å². The van der Waals surface area contributed by atoms with Crippen molar-refractivity contribution in [3.8, 4) is 0 Å². The van der Waals surface area contributed by atoms with E-state index < -0.39 is 0 Å². The number of carbonyl (C=O) groups excluding carboxylic acids is 1.